The maximum Gasteiger partial charge on any atom is 0.335 e. The van der Waals surface area contributed by atoms with Gasteiger partial charge in [0.2, 0.25) is 0 Å². The summed E-state index contributed by atoms with van der Waals surface area (Å²) in [5.74, 6) is -1.40. The van der Waals surface area contributed by atoms with Gasteiger partial charge >= 0.3 is 5.97 Å². The smallest absolute Gasteiger partial charge is 0.335 e. The van der Waals surface area contributed by atoms with E-state index in [4.69, 9.17) is 9.84 Å². The van der Waals surface area contributed by atoms with Crippen LogP contribution in [0.2, 0.25) is 0 Å². The molecule has 0 spiro atoms. The molecule has 10 heteroatoms. The predicted molar refractivity (Wildman–Crippen MR) is 90.4 cm³/mol. The highest BCUT2D eigenvalue weighted by Crippen LogP contribution is 2.23. The number of hydrogen-bond acceptors (Lipinski definition) is 8. The number of aliphatic carboxylic acids is 1. The Labute approximate surface area is 152 Å². The number of carboxylic acid groups (broad SMARTS) is 1. The van der Waals surface area contributed by atoms with Gasteiger partial charge in [-0.25, -0.2) is 9.48 Å². The van der Waals surface area contributed by atoms with E-state index in [-0.39, 0.29) is 6.54 Å². The first kappa shape index (κ1) is 20.7. The quantitative estimate of drug-likeness (QED) is 0.407. The molecule has 1 aromatic heterocycles. The van der Waals surface area contributed by atoms with E-state index in [0.29, 0.717) is 0 Å². The van der Waals surface area contributed by atoms with E-state index < -0.39 is 36.5 Å². The zero-order chi connectivity index (χ0) is 19.3. The molecule has 148 valence electrons. The largest absolute Gasteiger partial charge is 0.479 e. The molecular formula is C16H28N4O6. The summed E-state index contributed by atoms with van der Waals surface area (Å²) in [6.07, 6.45) is -3.01. The average molecular weight is 372 g/mol. The van der Waals surface area contributed by atoms with Crippen molar-refractivity contribution in [3.63, 3.8) is 0 Å². The van der Waals surface area contributed by atoms with Crippen LogP contribution in [0.4, 0.5) is 0 Å². The van der Waals surface area contributed by atoms with E-state index in [1.807, 2.05) is 0 Å². The normalized spacial score (nSPS) is 29.2. The number of aliphatic hydroxyl groups excluding tert-OH is 3. The number of carbonyl (C=O) groups is 1. The molecule has 1 aliphatic rings. The Bertz CT molecular complexity index is 583. The Morgan fingerprint density at radius 2 is 2.00 bits per heavy atom. The van der Waals surface area contributed by atoms with E-state index in [9.17, 15) is 20.1 Å². The van der Waals surface area contributed by atoms with Gasteiger partial charge in [0.1, 0.15) is 24.4 Å². The molecule has 2 heterocycles. The molecule has 0 aliphatic carbocycles. The maximum atomic E-state index is 11.2. The molecule has 1 fully saturated rings. The molecule has 0 saturated carbocycles. The first-order valence-corrected chi connectivity index (χ1v) is 8.83. The standard InChI is InChI=1S/C16H28N4O6/c1-3-6-19(2)7-4-5-10-8-17-18-20(10)9-11-12(21)13(22)14(23)15(26-11)16(24)25/h8,11-15,21-23H,3-7,9H2,1-2H3,(H,24,25). The number of aromatic nitrogens is 3. The molecule has 1 aromatic rings. The first-order valence-electron chi connectivity index (χ1n) is 8.83. The zero-order valence-corrected chi connectivity index (χ0v) is 15.1. The predicted octanol–water partition coefficient (Wildman–Crippen LogP) is -1.51. The lowest BCUT2D eigenvalue weighted by molar-refractivity contribution is -0.230. The van der Waals surface area contributed by atoms with Crippen LogP contribution in [0.15, 0.2) is 6.20 Å². The van der Waals surface area contributed by atoms with Crippen molar-refractivity contribution in [1.82, 2.24) is 19.9 Å². The van der Waals surface area contributed by atoms with Crippen LogP contribution in [0.1, 0.15) is 25.5 Å². The zero-order valence-electron chi connectivity index (χ0n) is 15.1. The van der Waals surface area contributed by atoms with Crippen molar-refractivity contribution in [3.8, 4) is 0 Å². The minimum absolute atomic E-state index is 0.0366. The Kier molecular flexibility index (Phi) is 7.47. The van der Waals surface area contributed by atoms with Crippen molar-refractivity contribution in [3.05, 3.63) is 11.9 Å². The molecule has 0 amide bonds. The highest BCUT2D eigenvalue weighted by molar-refractivity contribution is 5.73. The van der Waals surface area contributed by atoms with Gasteiger partial charge in [-0.05, 0) is 39.4 Å². The van der Waals surface area contributed by atoms with Crippen LogP contribution in [0, 0.1) is 0 Å². The minimum Gasteiger partial charge on any atom is -0.479 e. The van der Waals surface area contributed by atoms with Gasteiger partial charge in [0.15, 0.2) is 6.10 Å². The Hall–Kier alpha value is -1.59. The summed E-state index contributed by atoms with van der Waals surface area (Å²) in [7, 11) is 2.06. The summed E-state index contributed by atoms with van der Waals surface area (Å²) in [5, 5.41) is 46.7. The molecule has 4 N–H and O–H groups in total. The van der Waals surface area contributed by atoms with Crippen LogP contribution in [0.3, 0.4) is 0 Å². The highest BCUT2D eigenvalue weighted by Gasteiger charge is 2.47. The molecule has 5 unspecified atom stereocenters. The van der Waals surface area contributed by atoms with Gasteiger partial charge in [-0.15, -0.1) is 5.10 Å². The average Bonchev–Trinajstić information content (AvgIpc) is 3.02. The van der Waals surface area contributed by atoms with Gasteiger partial charge in [-0.1, -0.05) is 12.1 Å². The Balaban J connectivity index is 1.97. The highest BCUT2D eigenvalue weighted by atomic mass is 16.6. The van der Waals surface area contributed by atoms with Crippen LogP contribution in [-0.4, -0.2) is 96.9 Å². The fraction of sp³-hybridized carbons (Fsp3) is 0.812. The molecule has 2 rings (SSSR count). The van der Waals surface area contributed by atoms with Crippen molar-refractivity contribution in [1.29, 1.82) is 0 Å². The number of aryl methyl sites for hydroxylation is 1. The van der Waals surface area contributed by atoms with Crippen molar-refractivity contribution >= 4 is 5.97 Å². The summed E-state index contributed by atoms with van der Waals surface area (Å²) in [5.41, 5.74) is 0.832. The van der Waals surface area contributed by atoms with E-state index in [0.717, 1.165) is 38.0 Å². The lowest BCUT2D eigenvalue weighted by Gasteiger charge is -2.38. The van der Waals surface area contributed by atoms with E-state index in [2.05, 4.69) is 29.2 Å². The molecule has 1 aliphatic heterocycles. The maximum absolute atomic E-state index is 11.2. The fourth-order valence-corrected chi connectivity index (χ4v) is 3.13. The van der Waals surface area contributed by atoms with E-state index in [1.54, 1.807) is 6.20 Å². The van der Waals surface area contributed by atoms with Gasteiger partial charge in [-0.2, -0.15) is 0 Å². The SMILES string of the molecule is CCCN(C)CCCc1cnnn1CC1OC(C(=O)O)C(O)C(O)C1O. The lowest BCUT2D eigenvalue weighted by atomic mass is 9.95. The number of nitrogens with zero attached hydrogens (tertiary/aromatic N) is 4. The lowest BCUT2D eigenvalue weighted by Crippen LogP contribution is -2.60. The fourth-order valence-electron chi connectivity index (χ4n) is 3.13. The third kappa shape index (κ3) is 4.98. The van der Waals surface area contributed by atoms with Crippen molar-refractivity contribution in [2.75, 3.05) is 20.1 Å². The molecule has 10 nitrogen and oxygen atoms in total. The topological polar surface area (TPSA) is 141 Å². The molecule has 0 bridgehead atoms. The van der Waals surface area contributed by atoms with Gasteiger partial charge < -0.3 is 30.1 Å². The Morgan fingerprint density at radius 3 is 2.65 bits per heavy atom. The number of ether oxygens (including phenoxy) is 1. The number of aliphatic hydroxyl groups is 3. The summed E-state index contributed by atoms with van der Waals surface area (Å²) >= 11 is 0. The van der Waals surface area contributed by atoms with Crippen LogP contribution >= 0.6 is 0 Å². The molecule has 1 saturated heterocycles. The summed E-state index contributed by atoms with van der Waals surface area (Å²) < 4.78 is 6.83. The van der Waals surface area contributed by atoms with E-state index in [1.165, 1.54) is 4.68 Å². The second-order valence-electron chi connectivity index (χ2n) is 6.72. The summed E-state index contributed by atoms with van der Waals surface area (Å²) in [6.45, 7) is 4.11. The van der Waals surface area contributed by atoms with Crippen LogP contribution < -0.4 is 0 Å². The molecule has 0 aromatic carbocycles. The second kappa shape index (κ2) is 9.38. The molecule has 26 heavy (non-hydrogen) atoms. The second-order valence-corrected chi connectivity index (χ2v) is 6.72. The monoisotopic (exact) mass is 372 g/mol. The van der Waals surface area contributed by atoms with Crippen molar-refractivity contribution in [2.24, 2.45) is 0 Å². The van der Waals surface area contributed by atoms with Gasteiger partial charge in [0, 0.05) is 0 Å². The van der Waals surface area contributed by atoms with Crippen molar-refractivity contribution in [2.45, 2.75) is 63.3 Å². The van der Waals surface area contributed by atoms with Crippen molar-refractivity contribution < 1.29 is 30.0 Å². The summed E-state index contributed by atoms with van der Waals surface area (Å²) in [6, 6.07) is 0. The third-order valence-electron chi connectivity index (χ3n) is 4.58. The van der Waals surface area contributed by atoms with Crippen LogP contribution in [0.25, 0.3) is 0 Å². The number of hydrogen-bond donors (Lipinski definition) is 4. The third-order valence-corrected chi connectivity index (χ3v) is 4.58. The molecule has 5 atom stereocenters. The minimum atomic E-state index is -1.69. The van der Waals surface area contributed by atoms with Gasteiger partial charge in [0.25, 0.3) is 0 Å². The van der Waals surface area contributed by atoms with Gasteiger partial charge in [-0.3, -0.25) is 0 Å². The molecular weight excluding hydrogens is 344 g/mol. The first-order chi connectivity index (χ1) is 12.3. The van der Waals surface area contributed by atoms with Gasteiger partial charge in [0.05, 0.1) is 18.4 Å². The van der Waals surface area contributed by atoms with E-state index >= 15 is 0 Å². The number of carboxylic acids is 1. The molecule has 0 radical (unpaired) electrons. The summed E-state index contributed by atoms with van der Waals surface area (Å²) in [4.78, 5) is 13.4. The number of rotatable bonds is 9. The Morgan fingerprint density at radius 1 is 1.27 bits per heavy atom. The van der Waals surface area contributed by atoms with Crippen LogP contribution in [0.5, 0.6) is 0 Å². The van der Waals surface area contributed by atoms with Crippen LogP contribution in [-0.2, 0) is 22.5 Å².